The molecule has 0 aliphatic carbocycles. The summed E-state index contributed by atoms with van der Waals surface area (Å²) in [7, 11) is -3.20. The zero-order valence-corrected chi connectivity index (χ0v) is 16.8. The van der Waals surface area contributed by atoms with E-state index < -0.39 is 33.3 Å². The highest BCUT2D eigenvalue weighted by Crippen LogP contribution is 2.24. The van der Waals surface area contributed by atoms with E-state index in [1.165, 1.54) is 0 Å². The Balaban J connectivity index is 1.84. The third-order valence-corrected chi connectivity index (χ3v) is 7.04. The van der Waals surface area contributed by atoms with Crippen LogP contribution in [0, 0.1) is 23.4 Å². The number of amides is 1. The molecular formula is C19H27F3N2O3S. The molecule has 5 nitrogen and oxygen atoms in total. The van der Waals surface area contributed by atoms with Gasteiger partial charge in [0.05, 0.1) is 5.75 Å². The van der Waals surface area contributed by atoms with E-state index in [1.54, 1.807) is 11.8 Å². The van der Waals surface area contributed by atoms with Gasteiger partial charge < -0.3 is 10.6 Å². The van der Waals surface area contributed by atoms with E-state index in [1.807, 2.05) is 0 Å². The molecule has 2 rings (SSSR count). The number of halogens is 3. The van der Waals surface area contributed by atoms with Gasteiger partial charge in [-0.15, -0.1) is 0 Å². The number of nitrogens with two attached hydrogens (primary N) is 1. The second-order valence-electron chi connectivity index (χ2n) is 7.35. The maximum atomic E-state index is 13.8. The third kappa shape index (κ3) is 6.20. The van der Waals surface area contributed by atoms with Crippen molar-refractivity contribution in [1.82, 2.24) is 4.90 Å². The Bertz CT molecular complexity index is 794. The highest BCUT2D eigenvalue weighted by molar-refractivity contribution is 7.91. The van der Waals surface area contributed by atoms with Crippen molar-refractivity contribution in [3.05, 3.63) is 35.1 Å². The molecule has 9 heteroatoms. The lowest BCUT2D eigenvalue weighted by Crippen LogP contribution is -2.44. The summed E-state index contributed by atoms with van der Waals surface area (Å²) in [6, 6.07) is 0.909. The largest absolute Gasteiger partial charge is 0.343 e. The number of rotatable bonds is 8. The first kappa shape index (κ1) is 22.7. The summed E-state index contributed by atoms with van der Waals surface area (Å²) in [6.45, 7) is 2.68. The summed E-state index contributed by atoms with van der Waals surface area (Å²) in [5.41, 5.74) is 6.18. The second-order valence-corrected chi connectivity index (χ2v) is 9.65. The molecule has 1 saturated heterocycles. The van der Waals surface area contributed by atoms with Crippen LogP contribution < -0.4 is 5.73 Å². The predicted molar refractivity (Wildman–Crippen MR) is 101 cm³/mol. The summed E-state index contributed by atoms with van der Waals surface area (Å²) < 4.78 is 63.6. The molecule has 0 spiro atoms. The van der Waals surface area contributed by atoms with E-state index in [0.717, 1.165) is 6.07 Å². The van der Waals surface area contributed by atoms with Gasteiger partial charge in [-0.05, 0) is 43.2 Å². The maximum absolute atomic E-state index is 13.8. The number of hydrogen-bond acceptors (Lipinski definition) is 4. The minimum absolute atomic E-state index is 0.0142. The van der Waals surface area contributed by atoms with Crippen LogP contribution in [-0.2, 0) is 21.1 Å². The molecule has 1 aliphatic heterocycles. The van der Waals surface area contributed by atoms with E-state index in [-0.39, 0.29) is 41.7 Å². The molecule has 28 heavy (non-hydrogen) atoms. The van der Waals surface area contributed by atoms with Crippen molar-refractivity contribution >= 4 is 15.7 Å². The number of hydrogen-bond donors (Lipinski definition) is 1. The Hall–Kier alpha value is -1.61. The van der Waals surface area contributed by atoms with Crippen LogP contribution in [0.15, 0.2) is 12.1 Å². The molecule has 2 N–H and O–H groups in total. The minimum atomic E-state index is -3.20. The van der Waals surface area contributed by atoms with E-state index >= 15 is 0 Å². The maximum Gasteiger partial charge on any atom is 0.223 e. The fourth-order valence-electron chi connectivity index (χ4n) is 3.53. The van der Waals surface area contributed by atoms with E-state index in [9.17, 15) is 26.4 Å². The summed E-state index contributed by atoms with van der Waals surface area (Å²) in [4.78, 5) is 13.9. The van der Waals surface area contributed by atoms with Crippen molar-refractivity contribution < 1.29 is 26.4 Å². The van der Waals surface area contributed by atoms with E-state index in [0.29, 0.717) is 38.4 Å². The molecule has 1 aliphatic rings. The van der Waals surface area contributed by atoms with Crippen LogP contribution in [-0.4, -0.2) is 49.9 Å². The number of nitrogens with zero attached hydrogens (tertiary/aromatic N) is 1. The van der Waals surface area contributed by atoms with Crippen LogP contribution in [0.5, 0.6) is 0 Å². The van der Waals surface area contributed by atoms with Gasteiger partial charge in [0.2, 0.25) is 5.91 Å². The second kappa shape index (κ2) is 9.73. The average molecular weight is 420 g/mol. The molecule has 0 bridgehead atoms. The molecule has 0 radical (unpaired) electrons. The highest BCUT2D eigenvalue weighted by Gasteiger charge is 2.28. The minimum Gasteiger partial charge on any atom is -0.343 e. The number of piperidine rings is 1. The van der Waals surface area contributed by atoms with Crippen molar-refractivity contribution in [3.8, 4) is 0 Å². The average Bonchev–Trinajstić information content (AvgIpc) is 2.64. The zero-order chi connectivity index (χ0) is 20.9. The van der Waals surface area contributed by atoms with Crippen LogP contribution in [0.2, 0.25) is 0 Å². The lowest BCUT2D eigenvalue weighted by molar-refractivity contribution is -0.132. The Kier molecular flexibility index (Phi) is 7.88. The van der Waals surface area contributed by atoms with Crippen molar-refractivity contribution in [3.63, 3.8) is 0 Å². The third-order valence-electron chi connectivity index (χ3n) is 5.18. The summed E-state index contributed by atoms with van der Waals surface area (Å²) in [5, 5.41) is 0. The fraction of sp³-hybridized carbons (Fsp3) is 0.632. The molecule has 158 valence electrons. The molecule has 1 heterocycles. The van der Waals surface area contributed by atoms with Gasteiger partial charge in [-0.2, -0.15) is 0 Å². The van der Waals surface area contributed by atoms with Crippen LogP contribution in [0.1, 0.15) is 38.2 Å². The number of sulfone groups is 1. The van der Waals surface area contributed by atoms with Crippen LogP contribution in [0.3, 0.4) is 0 Å². The Morgan fingerprint density at radius 3 is 2.36 bits per heavy atom. The molecule has 0 saturated carbocycles. The van der Waals surface area contributed by atoms with Crippen molar-refractivity contribution in [2.75, 3.05) is 24.6 Å². The number of carbonyl (C=O) groups excluding carboxylic acids is 1. The van der Waals surface area contributed by atoms with Gasteiger partial charge in [0.15, 0.2) is 21.5 Å². The molecule has 1 unspecified atom stereocenters. The van der Waals surface area contributed by atoms with Gasteiger partial charge in [0.25, 0.3) is 0 Å². The van der Waals surface area contributed by atoms with Gasteiger partial charge >= 0.3 is 0 Å². The van der Waals surface area contributed by atoms with Crippen molar-refractivity contribution in [1.29, 1.82) is 0 Å². The highest BCUT2D eigenvalue weighted by atomic mass is 32.2. The summed E-state index contributed by atoms with van der Waals surface area (Å²) in [5.74, 6) is -3.41. The molecule has 1 fully saturated rings. The summed E-state index contributed by atoms with van der Waals surface area (Å²) >= 11 is 0. The molecule has 0 aromatic heterocycles. The number of carbonyl (C=O) groups is 1. The van der Waals surface area contributed by atoms with Crippen molar-refractivity contribution in [2.45, 2.75) is 45.1 Å². The normalized spacial score (nSPS) is 17.0. The molecular weight excluding hydrogens is 393 g/mol. The van der Waals surface area contributed by atoms with Gasteiger partial charge in [0.1, 0.15) is 5.82 Å². The van der Waals surface area contributed by atoms with Gasteiger partial charge in [0, 0.05) is 37.4 Å². The standard InChI is InChI=1S/C19H27F3N2O3S/c1-2-8-28(26,27)9-5-19(25)24-6-3-13(4-7-24)18(23)11-14-10-16(21)17(22)12-15(14)20/h10,12-13,18H,2-9,11,23H2,1H3. The summed E-state index contributed by atoms with van der Waals surface area (Å²) in [6.07, 6.45) is 1.77. The zero-order valence-electron chi connectivity index (χ0n) is 16.0. The Morgan fingerprint density at radius 1 is 1.14 bits per heavy atom. The van der Waals surface area contributed by atoms with Gasteiger partial charge in [-0.1, -0.05) is 6.92 Å². The molecule has 1 amide bonds. The van der Waals surface area contributed by atoms with E-state index in [2.05, 4.69) is 0 Å². The quantitative estimate of drug-likeness (QED) is 0.655. The SMILES string of the molecule is CCCS(=O)(=O)CCC(=O)N1CCC(C(N)Cc2cc(F)c(F)cc2F)CC1. The predicted octanol–water partition coefficient (Wildman–Crippen LogP) is 2.43. The van der Waals surface area contributed by atoms with Crippen LogP contribution in [0.4, 0.5) is 13.2 Å². The first-order valence-corrected chi connectivity index (χ1v) is 11.3. The fourth-order valence-corrected chi connectivity index (χ4v) is 4.84. The monoisotopic (exact) mass is 420 g/mol. The first-order valence-electron chi connectivity index (χ1n) is 9.50. The van der Waals surface area contributed by atoms with Gasteiger partial charge in [-0.25, -0.2) is 21.6 Å². The van der Waals surface area contributed by atoms with Gasteiger partial charge in [-0.3, -0.25) is 4.79 Å². The van der Waals surface area contributed by atoms with E-state index in [4.69, 9.17) is 5.73 Å². The lowest BCUT2D eigenvalue weighted by Gasteiger charge is -2.35. The Morgan fingerprint density at radius 2 is 1.75 bits per heavy atom. The van der Waals surface area contributed by atoms with Crippen molar-refractivity contribution in [2.24, 2.45) is 11.7 Å². The van der Waals surface area contributed by atoms with Crippen LogP contribution in [0.25, 0.3) is 0 Å². The first-order chi connectivity index (χ1) is 13.1. The Labute approximate surface area is 164 Å². The van der Waals surface area contributed by atoms with Crippen LogP contribution >= 0.6 is 0 Å². The topological polar surface area (TPSA) is 80.5 Å². The molecule has 1 atom stereocenters. The number of likely N-dealkylation sites (tertiary alicyclic amines) is 1. The lowest BCUT2D eigenvalue weighted by atomic mass is 9.86. The smallest absolute Gasteiger partial charge is 0.223 e. The number of benzene rings is 1. The molecule has 1 aromatic rings. The molecule has 1 aromatic carbocycles.